The van der Waals surface area contributed by atoms with Crippen LogP contribution in [0, 0.1) is 0 Å². The van der Waals surface area contributed by atoms with E-state index in [0.29, 0.717) is 17.1 Å². The minimum atomic E-state index is -0.636. The van der Waals surface area contributed by atoms with Crippen LogP contribution in [-0.2, 0) is 9.63 Å². The molecule has 120 valence electrons. The van der Waals surface area contributed by atoms with Crippen LogP contribution in [0.25, 0.3) is 0 Å². The van der Waals surface area contributed by atoms with Crippen LogP contribution in [0.3, 0.4) is 0 Å². The van der Waals surface area contributed by atoms with E-state index in [0.717, 1.165) is 11.3 Å². The molecule has 0 radical (unpaired) electrons. The maximum Gasteiger partial charge on any atom is 0.268 e. The highest BCUT2D eigenvalue weighted by Gasteiger charge is 2.29. The van der Waals surface area contributed by atoms with Gasteiger partial charge in [-0.2, -0.15) is 5.10 Å². The van der Waals surface area contributed by atoms with Crippen LogP contribution >= 0.6 is 11.6 Å². The Balaban J connectivity index is 1.60. The molecule has 0 spiro atoms. The van der Waals surface area contributed by atoms with Gasteiger partial charge in [-0.3, -0.25) is 9.48 Å². The number of hydrogen-bond acceptors (Lipinski definition) is 4. The van der Waals surface area contributed by atoms with E-state index in [2.05, 4.69) is 15.6 Å². The molecule has 1 N–H and O–H groups in total. The van der Waals surface area contributed by atoms with Gasteiger partial charge >= 0.3 is 0 Å². The van der Waals surface area contributed by atoms with Crippen LogP contribution in [0.4, 0.5) is 5.69 Å². The predicted molar refractivity (Wildman–Crippen MR) is 88.7 cm³/mol. The van der Waals surface area contributed by atoms with E-state index in [1.165, 1.54) is 0 Å². The van der Waals surface area contributed by atoms with Crippen LogP contribution in [0.15, 0.2) is 41.8 Å². The van der Waals surface area contributed by atoms with Gasteiger partial charge in [-0.25, -0.2) is 0 Å². The van der Waals surface area contributed by atoms with Crippen molar-refractivity contribution in [3.05, 3.63) is 47.2 Å². The molecule has 0 unspecified atom stereocenters. The summed E-state index contributed by atoms with van der Waals surface area (Å²) in [6, 6.07) is 7.53. The van der Waals surface area contributed by atoms with Crippen molar-refractivity contribution < 1.29 is 9.63 Å². The van der Waals surface area contributed by atoms with E-state index >= 15 is 0 Å². The molecule has 7 heteroatoms. The number of oxime groups is 1. The molecule has 0 saturated carbocycles. The first kappa shape index (κ1) is 15.6. The summed E-state index contributed by atoms with van der Waals surface area (Å²) in [5.74, 6) is -0.235. The summed E-state index contributed by atoms with van der Waals surface area (Å²) in [7, 11) is 0. The third kappa shape index (κ3) is 3.53. The zero-order valence-electron chi connectivity index (χ0n) is 12.9. The summed E-state index contributed by atoms with van der Waals surface area (Å²) in [4.78, 5) is 17.5. The number of aromatic nitrogens is 2. The third-order valence-electron chi connectivity index (χ3n) is 3.54. The summed E-state index contributed by atoms with van der Waals surface area (Å²) in [5, 5.41) is 11.6. The normalized spacial score (nSPS) is 17.0. The number of carbonyl (C=O) groups is 1. The standard InChI is InChI=1S/C16H17ClN4O2/c1-10(2)21-9-13(8-18-21)19-16(22)15-7-14(20-23-15)11-3-5-12(17)6-4-11/h3-6,8-10,15H,7H2,1-2H3,(H,19,22)/t15-/m0/s1. The number of anilines is 1. The largest absolute Gasteiger partial charge is 0.382 e. The lowest BCUT2D eigenvalue weighted by molar-refractivity contribution is -0.125. The number of carbonyl (C=O) groups excluding carboxylic acids is 1. The van der Waals surface area contributed by atoms with Gasteiger partial charge in [-0.1, -0.05) is 28.9 Å². The SMILES string of the molecule is CC(C)n1cc(NC(=O)[C@@H]2CC(c3ccc(Cl)cc3)=NO2)cn1. The summed E-state index contributed by atoms with van der Waals surface area (Å²) in [6.07, 6.45) is 3.20. The van der Waals surface area contributed by atoms with Crippen LogP contribution in [0.1, 0.15) is 31.9 Å². The van der Waals surface area contributed by atoms with Crippen molar-refractivity contribution in [3.63, 3.8) is 0 Å². The first-order chi connectivity index (χ1) is 11.0. The molecule has 2 aromatic rings. The molecule has 1 aromatic carbocycles. The summed E-state index contributed by atoms with van der Waals surface area (Å²) < 4.78 is 1.78. The van der Waals surface area contributed by atoms with E-state index < -0.39 is 6.10 Å². The van der Waals surface area contributed by atoms with Gasteiger partial charge in [0.1, 0.15) is 0 Å². The van der Waals surface area contributed by atoms with E-state index in [1.807, 2.05) is 26.0 Å². The van der Waals surface area contributed by atoms with E-state index in [9.17, 15) is 4.79 Å². The fourth-order valence-corrected chi connectivity index (χ4v) is 2.36. The average molecular weight is 333 g/mol. The average Bonchev–Trinajstić information content (AvgIpc) is 3.17. The lowest BCUT2D eigenvalue weighted by Gasteiger charge is -2.08. The second-order valence-corrected chi connectivity index (χ2v) is 6.07. The number of halogens is 1. The van der Waals surface area contributed by atoms with Crippen molar-refractivity contribution in [2.45, 2.75) is 32.4 Å². The Labute approximate surface area is 139 Å². The predicted octanol–water partition coefficient (Wildman–Crippen LogP) is 3.25. The Morgan fingerprint density at radius 1 is 1.39 bits per heavy atom. The van der Waals surface area contributed by atoms with Crippen molar-refractivity contribution in [1.82, 2.24) is 9.78 Å². The molecule has 0 saturated heterocycles. The summed E-state index contributed by atoms with van der Waals surface area (Å²) in [5.41, 5.74) is 2.28. The molecule has 1 aliphatic heterocycles. The highest BCUT2D eigenvalue weighted by molar-refractivity contribution is 6.30. The van der Waals surface area contributed by atoms with Gasteiger partial charge in [0.05, 0.1) is 17.6 Å². The maximum atomic E-state index is 12.3. The van der Waals surface area contributed by atoms with E-state index in [1.54, 1.807) is 29.2 Å². The van der Waals surface area contributed by atoms with Gasteiger partial charge in [0.25, 0.3) is 5.91 Å². The molecule has 0 bridgehead atoms. The molecule has 1 aromatic heterocycles. The quantitative estimate of drug-likeness (QED) is 0.934. The minimum Gasteiger partial charge on any atom is -0.382 e. The molecule has 6 nitrogen and oxygen atoms in total. The zero-order chi connectivity index (χ0) is 16.4. The smallest absolute Gasteiger partial charge is 0.268 e. The van der Waals surface area contributed by atoms with Gasteiger partial charge in [-0.15, -0.1) is 0 Å². The van der Waals surface area contributed by atoms with Crippen LogP contribution in [-0.4, -0.2) is 27.5 Å². The Bertz CT molecular complexity index is 737. The van der Waals surface area contributed by atoms with Crippen LogP contribution in [0.2, 0.25) is 5.02 Å². The molecule has 1 aliphatic rings. The number of benzene rings is 1. The Morgan fingerprint density at radius 3 is 2.78 bits per heavy atom. The molecule has 2 heterocycles. The molecular weight excluding hydrogens is 316 g/mol. The van der Waals surface area contributed by atoms with Crippen molar-refractivity contribution >= 4 is 28.9 Å². The number of amides is 1. The molecule has 1 atom stereocenters. The lowest BCUT2D eigenvalue weighted by atomic mass is 10.0. The maximum absolute atomic E-state index is 12.3. The number of nitrogens with one attached hydrogen (secondary N) is 1. The third-order valence-corrected chi connectivity index (χ3v) is 3.79. The Morgan fingerprint density at radius 2 is 2.13 bits per heavy atom. The van der Waals surface area contributed by atoms with E-state index in [-0.39, 0.29) is 11.9 Å². The van der Waals surface area contributed by atoms with Crippen molar-refractivity contribution in [2.24, 2.45) is 5.16 Å². The topological polar surface area (TPSA) is 68.5 Å². The number of rotatable bonds is 4. The van der Waals surface area contributed by atoms with Crippen LogP contribution in [0.5, 0.6) is 0 Å². The highest BCUT2D eigenvalue weighted by Crippen LogP contribution is 2.20. The second-order valence-electron chi connectivity index (χ2n) is 5.64. The molecule has 1 amide bonds. The van der Waals surface area contributed by atoms with Crippen molar-refractivity contribution in [1.29, 1.82) is 0 Å². The molecule has 0 aliphatic carbocycles. The fraction of sp³-hybridized carbons (Fsp3) is 0.312. The number of nitrogens with zero attached hydrogens (tertiary/aromatic N) is 3. The van der Waals surface area contributed by atoms with Crippen molar-refractivity contribution in [2.75, 3.05) is 5.32 Å². The second kappa shape index (κ2) is 6.42. The first-order valence-corrected chi connectivity index (χ1v) is 7.74. The van der Waals surface area contributed by atoms with Gasteiger partial charge in [0, 0.05) is 23.7 Å². The Kier molecular flexibility index (Phi) is 4.34. The lowest BCUT2D eigenvalue weighted by Crippen LogP contribution is -2.27. The summed E-state index contributed by atoms with van der Waals surface area (Å²) in [6.45, 7) is 4.04. The van der Waals surface area contributed by atoms with Gasteiger partial charge in [0.15, 0.2) is 0 Å². The van der Waals surface area contributed by atoms with Gasteiger partial charge < -0.3 is 10.2 Å². The van der Waals surface area contributed by atoms with Gasteiger partial charge in [0.2, 0.25) is 6.10 Å². The van der Waals surface area contributed by atoms with Crippen molar-refractivity contribution in [3.8, 4) is 0 Å². The molecular formula is C16H17ClN4O2. The first-order valence-electron chi connectivity index (χ1n) is 7.36. The van der Waals surface area contributed by atoms with Gasteiger partial charge in [-0.05, 0) is 31.5 Å². The Hall–Kier alpha value is -2.34. The minimum absolute atomic E-state index is 0.235. The zero-order valence-corrected chi connectivity index (χ0v) is 13.6. The summed E-state index contributed by atoms with van der Waals surface area (Å²) >= 11 is 5.87. The molecule has 23 heavy (non-hydrogen) atoms. The van der Waals surface area contributed by atoms with Crippen LogP contribution < -0.4 is 5.32 Å². The van der Waals surface area contributed by atoms with E-state index in [4.69, 9.17) is 16.4 Å². The molecule has 3 rings (SSSR count). The molecule has 0 fully saturated rings. The highest BCUT2D eigenvalue weighted by atomic mass is 35.5. The number of hydrogen-bond donors (Lipinski definition) is 1. The fourth-order valence-electron chi connectivity index (χ4n) is 2.24. The monoisotopic (exact) mass is 332 g/mol.